The van der Waals surface area contributed by atoms with Gasteiger partial charge in [0, 0.05) is 28.4 Å². The van der Waals surface area contributed by atoms with Gasteiger partial charge in [-0.05, 0) is 41.4 Å². The van der Waals surface area contributed by atoms with Crippen molar-refractivity contribution in [2.45, 2.75) is 6.54 Å². The molecule has 0 saturated heterocycles. The summed E-state index contributed by atoms with van der Waals surface area (Å²) in [7, 11) is 0. The smallest absolute Gasteiger partial charge is 0.259 e. The van der Waals surface area contributed by atoms with Gasteiger partial charge in [0.2, 0.25) is 0 Å². The summed E-state index contributed by atoms with van der Waals surface area (Å²) in [6.07, 6.45) is 0. The van der Waals surface area contributed by atoms with E-state index in [0.29, 0.717) is 17.8 Å². The molecule has 0 aliphatic heterocycles. The third kappa shape index (κ3) is 5.12. The topological polar surface area (TPSA) is 127 Å². The zero-order chi connectivity index (χ0) is 20.6. The van der Waals surface area contributed by atoms with Gasteiger partial charge < -0.3 is 15.7 Å². The number of carbonyl (C=O) groups is 2. The maximum Gasteiger partial charge on any atom is 0.259 e. The van der Waals surface area contributed by atoms with Gasteiger partial charge in [0.05, 0.1) is 5.56 Å². The number of amides is 2. The number of hydrogen-bond acceptors (Lipinski definition) is 4. The maximum atomic E-state index is 12.4. The van der Waals surface area contributed by atoms with Gasteiger partial charge in [-0.25, -0.2) is 0 Å². The fourth-order valence-electron chi connectivity index (χ4n) is 2.64. The highest BCUT2D eigenvalue weighted by molar-refractivity contribution is 6.07. The molecule has 0 bridgehead atoms. The molecule has 3 aromatic rings. The molecule has 3 aromatic carbocycles. The molecule has 0 heterocycles. The minimum absolute atomic E-state index is 0.0146. The molecule has 3 N–H and O–H groups in total. The number of rotatable bonds is 6. The lowest BCUT2D eigenvalue weighted by atomic mass is 10.1. The lowest BCUT2D eigenvalue weighted by molar-refractivity contribution is 0.0949. The fraction of sp³-hybridized carbons (Fsp3) is 0.0476. The SMILES string of the molecule is [N-]=[N+]=Nc1ccc(C(=O)Nc2cccc(C(=O)NCc3ccccc3)c2)c(O)c1. The summed E-state index contributed by atoms with van der Waals surface area (Å²) in [5, 5.41) is 18.8. The van der Waals surface area contributed by atoms with Gasteiger partial charge in [-0.15, -0.1) is 0 Å². The first-order valence-corrected chi connectivity index (χ1v) is 8.68. The number of nitrogens with one attached hydrogen (secondary N) is 2. The maximum absolute atomic E-state index is 12.4. The molecule has 0 aliphatic rings. The molecule has 144 valence electrons. The highest BCUT2D eigenvalue weighted by Gasteiger charge is 2.13. The second kappa shape index (κ2) is 9.07. The molecule has 2 amide bonds. The molecule has 8 nitrogen and oxygen atoms in total. The van der Waals surface area contributed by atoms with E-state index in [2.05, 4.69) is 20.7 Å². The molecule has 8 heteroatoms. The molecule has 0 atom stereocenters. The molecule has 29 heavy (non-hydrogen) atoms. The van der Waals surface area contributed by atoms with Gasteiger partial charge >= 0.3 is 0 Å². The Hall–Kier alpha value is -4.29. The third-order valence-corrected chi connectivity index (χ3v) is 4.06. The van der Waals surface area contributed by atoms with Crippen LogP contribution >= 0.6 is 0 Å². The van der Waals surface area contributed by atoms with E-state index in [4.69, 9.17) is 5.53 Å². The monoisotopic (exact) mass is 387 g/mol. The van der Waals surface area contributed by atoms with Crippen molar-refractivity contribution in [1.29, 1.82) is 0 Å². The molecule has 0 spiro atoms. The van der Waals surface area contributed by atoms with E-state index in [1.54, 1.807) is 24.3 Å². The first-order chi connectivity index (χ1) is 14.1. The standard InChI is InChI=1S/C21H17N5O3/c22-26-25-17-9-10-18(19(27)12-17)21(29)24-16-8-4-7-15(11-16)20(28)23-13-14-5-2-1-3-6-14/h1-12,27H,13H2,(H,23,28)(H,24,29). The van der Waals surface area contributed by atoms with Crippen LogP contribution < -0.4 is 10.6 Å². The Morgan fingerprint density at radius 2 is 1.76 bits per heavy atom. The van der Waals surface area contributed by atoms with Crippen LogP contribution in [0, 0.1) is 0 Å². The summed E-state index contributed by atoms with van der Waals surface area (Å²) in [5.74, 6) is -1.15. The van der Waals surface area contributed by atoms with Gasteiger partial charge in [0.25, 0.3) is 11.8 Å². The Kier molecular flexibility index (Phi) is 6.09. The van der Waals surface area contributed by atoms with Gasteiger partial charge in [0.15, 0.2) is 0 Å². The summed E-state index contributed by atoms with van der Waals surface area (Å²) in [4.78, 5) is 27.4. The Bertz CT molecular complexity index is 1090. The number of nitrogens with zero attached hydrogens (tertiary/aromatic N) is 3. The van der Waals surface area contributed by atoms with E-state index in [1.807, 2.05) is 30.3 Å². The predicted octanol–water partition coefficient (Wildman–Crippen LogP) is 4.52. The number of benzene rings is 3. The molecule has 0 fully saturated rings. The minimum Gasteiger partial charge on any atom is -0.507 e. The number of phenols is 1. The van der Waals surface area contributed by atoms with Crippen LogP contribution in [0.3, 0.4) is 0 Å². The number of anilines is 1. The molecule has 0 unspecified atom stereocenters. The Morgan fingerprint density at radius 3 is 2.48 bits per heavy atom. The van der Waals surface area contributed by atoms with Gasteiger partial charge in [-0.3, -0.25) is 9.59 Å². The highest BCUT2D eigenvalue weighted by atomic mass is 16.3. The van der Waals surface area contributed by atoms with Crippen molar-refractivity contribution >= 4 is 23.2 Å². The molecule has 0 aliphatic carbocycles. The van der Waals surface area contributed by atoms with Crippen molar-refractivity contribution in [2.24, 2.45) is 5.11 Å². The van der Waals surface area contributed by atoms with Gasteiger partial charge in [-0.1, -0.05) is 47.6 Å². The summed E-state index contributed by atoms with van der Waals surface area (Å²) < 4.78 is 0. The Morgan fingerprint density at radius 1 is 0.966 bits per heavy atom. The molecule has 0 radical (unpaired) electrons. The van der Waals surface area contributed by atoms with Gasteiger partial charge in [0.1, 0.15) is 5.75 Å². The van der Waals surface area contributed by atoms with Crippen LogP contribution in [0.5, 0.6) is 5.75 Å². The van der Waals surface area contributed by atoms with Crippen molar-refractivity contribution in [2.75, 3.05) is 5.32 Å². The molecule has 0 saturated carbocycles. The molecular weight excluding hydrogens is 370 g/mol. The van der Waals surface area contributed by atoms with Crippen molar-refractivity contribution in [3.05, 3.63) is 99.9 Å². The lowest BCUT2D eigenvalue weighted by Gasteiger charge is -2.10. The van der Waals surface area contributed by atoms with Crippen molar-refractivity contribution in [3.63, 3.8) is 0 Å². The Labute approximate surface area is 166 Å². The third-order valence-electron chi connectivity index (χ3n) is 4.06. The molecule has 0 aromatic heterocycles. The number of carbonyl (C=O) groups excluding carboxylic acids is 2. The molecular formula is C21H17N5O3. The van der Waals surface area contributed by atoms with Crippen LogP contribution in [0.2, 0.25) is 0 Å². The van der Waals surface area contributed by atoms with Crippen molar-refractivity contribution in [1.82, 2.24) is 5.32 Å². The second-order valence-corrected chi connectivity index (χ2v) is 6.09. The van der Waals surface area contributed by atoms with E-state index < -0.39 is 5.91 Å². The van der Waals surface area contributed by atoms with Crippen molar-refractivity contribution < 1.29 is 14.7 Å². The average Bonchev–Trinajstić information content (AvgIpc) is 2.73. The predicted molar refractivity (Wildman–Crippen MR) is 109 cm³/mol. The quantitative estimate of drug-likeness (QED) is 0.327. The minimum atomic E-state index is -0.558. The van der Waals surface area contributed by atoms with E-state index in [1.165, 1.54) is 18.2 Å². The molecule has 3 rings (SSSR count). The first kappa shape index (κ1) is 19.5. The van der Waals surface area contributed by atoms with Crippen LogP contribution in [-0.4, -0.2) is 16.9 Å². The van der Waals surface area contributed by atoms with Crippen LogP contribution in [0.15, 0.2) is 77.9 Å². The number of aromatic hydroxyl groups is 1. The number of hydrogen-bond donors (Lipinski definition) is 3. The summed E-state index contributed by atoms with van der Waals surface area (Å²) in [6.45, 7) is 0.391. The van der Waals surface area contributed by atoms with Crippen LogP contribution in [0.4, 0.5) is 11.4 Å². The lowest BCUT2D eigenvalue weighted by Crippen LogP contribution is -2.23. The van der Waals surface area contributed by atoms with Gasteiger partial charge in [-0.2, -0.15) is 0 Å². The van der Waals surface area contributed by atoms with Crippen LogP contribution in [0.1, 0.15) is 26.3 Å². The number of phenolic OH excluding ortho intramolecular Hbond substituents is 1. The van der Waals surface area contributed by atoms with E-state index in [0.717, 1.165) is 5.56 Å². The van der Waals surface area contributed by atoms with E-state index in [9.17, 15) is 14.7 Å². The fourth-order valence-corrected chi connectivity index (χ4v) is 2.64. The van der Waals surface area contributed by atoms with E-state index in [-0.39, 0.29) is 22.9 Å². The van der Waals surface area contributed by atoms with Crippen LogP contribution in [-0.2, 0) is 6.54 Å². The second-order valence-electron chi connectivity index (χ2n) is 6.09. The first-order valence-electron chi connectivity index (χ1n) is 8.68. The summed E-state index contributed by atoms with van der Waals surface area (Å²) in [5.41, 5.74) is 10.4. The summed E-state index contributed by atoms with van der Waals surface area (Å²) >= 11 is 0. The van der Waals surface area contributed by atoms with Crippen molar-refractivity contribution in [3.8, 4) is 5.75 Å². The highest BCUT2D eigenvalue weighted by Crippen LogP contribution is 2.25. The summed E-state index contributed by atoms with van der Waals surface area (Å²) in [6, 6.07) is 20.0. The van der Waals surface area contributed by atoms with E-state index >= 15 is 0 Å². The normalized spacial score (nSPS) is 9.93. The largest absolute Gasteiger partial charge is 0.507 e. The Balaban J connectivity index is 1.68. The zero-order valence-electron chi connectivity index (χ0n) is 15.2. The van der Waals surface area contributed by atoms with Crippen LogP contribution in [0.25, 0.3) is 10.4 Å². The average molecular weight is 387 g/mol. The number of azide groups is 1. The zero-order valence-corrected chi connectivity index (χ0v) is 15.2.